The van der Waals surface area contributed by atoms with Crippen molar-refractivity contribution in [2.24, 2.45) is 5.10 Å². The normalized spacial score (nSPS) is 10.9. The van der Waals surface area contributed by atoms with Gasteiger partial charge in [-0.2, -0.15) is 5.10 Å². The zero-order valence-electron chi connectivity index (χ0n) is 17.6. The van der Waals surface area contributed by atoms with E-state index in [2.05, 4.69) is 20.7 Å². The topological polar surface area (TPSA) is 136 Å². The van der Waals surface area contributed by atoms with Crippen LogP contribution in [0.15, 0.2) is 89.1 Å². The number of non-ortho nitro benzene ring substituents is 1. The Kier molecular flexibility index (Phi) is 6.94. The van der Waals surface area contributed by atoms with Gasteiger partial charge in [0.15, 0.2) is 11.0 Å². The van der Waals surface area contributed by atoms with Gasteiger partial charge >= 0.3 is 0 Å². The number of hydrogen-bond acceptors (Lipinski definition) is 8. The predicted octanol–water partition coefficient (Wildman–Crippen LogP) is 3.79. The van der Waals surface area contributed by atoms with Crippen molar-refractivity contribution in [3.05, 3.63) is 94.5 Å². The van der Waals surface area contributed by atoms with Crippen LogP contribution in [0.4, 0.5) is 5.69 Å². The highest BCUT2D eigenvalue weighted by Gasteiger charge is 2.19. The first-order valence-corrected chi connectivity index (χ1v) is 11.0. The van der Waals surface area contributed by atoms with Crippen molar-refractivity contribution in [1.82, 2.24) is 20.2 Å². The standard InChI is InChI=1S/C23H18N6O4S/c30-20-11-4-6-16(12-20)14-24-25-21(31)15-34-23-27-26-22(28(23)18-8-2-1-3-9-18)17-7-5-10-19(13-17)29(32)33/h1-14,30H,15H2,(H,25,31)/b24-14-. The van der Waals surface area contributed by atoms with Crippen molar-refractivity contribution in [2.75, 3.05) is 5.75 Å². The van der Waals surface area contributed by atoms with Gasteiger partial charge in [0.2, 0.25) is 0 Å². The van der Waals surface area contributed by atoms with Crippen LogP contribution in [-0.4, -0.2) is 42.7 Å². The molecule has 4 rings (SSSR count). The molecule has 34 heavy (non-hydrogen) atoms. The predicted molar refractivity (Wildman–Crippen MR) is 128 cm³/mol. The number of nitrogens with zero attached hydrogens (tertiary/aromatic N) is 5. The van der Waals surface area contributed by atoms with Gasteiger partial charge in [0.25, 0.3) is 11.6 Å². The third-order valence-corrected chi connectivity index (χ3v) is 5.50. The second-order valence-corrected chi connectivity index (χ2v) is 7.90. The van der Waals surface area contributed by atoms with Crippen LogP contribution < -0.4 is 5.43 Å². The van der Waals surface area contributed by atoms with Gasteiger partial charge in [0, 0.05) is 23.4 Å². The van der Waals surface area contributed by atoms with E-state index in [4.69, 9.17) is 0 Å². The van der Waals surface area contributed by atoms with E-state index < -0.39 is 4.92 Å². The third kappa shape index (κ3) is 5.45. The summed E-state index contributed by atoms with van der Waals surface area (Å²) in [4.78, 5) is 23.0. The van der Waals surface area contributed by atoms with Crippen LogP contribution in [-0.2, 0) is 4.79 Å². The van der Waals surface area contributed by atoms with Crippen molar-refractivity contribution >= 4 is 29.6 Å². The number of rotatable bonds is 8. The summed E-state index contributed by atoms with van der Waals surface area (Å²) in [5, 5.41) is 33.5. The van der Waals surface area contributed by atoms with Crippen molar-refractivity contribution in [2.45, 2.75) is 5.16 Å². The number of para-hydroxylation sites is 1. The van der Waals surface area contributed by atoms with E-state index >= 15 is 0 Å². The Balaban J connectivity index is 1.53. The molecule has 0 fully saturated rings. The molecule has 0 radical (unpaired) electrons. The number of phenols is 1. The van der Waals surface area contributed by atoms with Gasteiger partial charge in [-0.15, -0.1) is 10.2 Å². The maximum absolute atomic E-state index is 12.3. The molecular formula is C23H18N6O4S. The molecule has 11 heteroatoms. The van der Waals surface area contributed by atoms with Gasteiger partial charge in [0.05, 0.1) is 16.9 Å². The average Bonchev–Trinajstić information content (AvgIpc) is 3.27. The number of hydrazone groups is 1. The summed E-state index contributed by atoms with van der Waals surface area (Å²) in [5.41, 5.74) is 4.29. The van der Waals surface area contributed by atoms with Crippen molar-refractivity contribution in [3.8, 4) is 22.8 Å². The lowest BCUT2D eigenvalue weighted by Crippen LogP contribution is -2.20. The molecule has 3 aromatic carbocycles. The largest absolute Gasteiger partial charge is 0.508 e. The van der Waals surface area contributed by atoms with E-state index in [1.165, 1.54) is 30.5 Å². The van der Waals surface area contributed by atoms with Crippen LogP contribution in [0.3, 0.4) is 0 Å². The van der Waals surface area contributed by atoms with Crippen LogP contribution in [0.2, 0.25) is 0 Å². The fraction of sp³-hybridized carbons (Fsp3) is 0.0435. The van der Waals surface area contributed by atoms with E-state index in [0.717, 1.165) is 17.4 Å². The highest BCUT2D eigenvalue weighted by atomic mass is 32.2. The molecule has 1 aromatic heterocycles. The number of carbonyl (C=O) groups is 1. The Morgan fingerprint density at radius 3 is 2.65 bits per heavy atom. The van der Waals surface area contributed by atoms with Gasteiger partial charge in [0.1, 0.15) is 5.75 Å². The molecule has 1 amide bonds. The molecule has 0 bridgehead atoms. The number of carbonyl (C=O) groups excluding carboxylic acids is 1. The fourth-order valence-electron chi connectivity index (χ4n) is 3.07. The maximum atomic E-state index is 12.3. The fourth-order valence-corrected chi connectivity index (χ4v) is 3.81. The number of nitro benzene ring substituents is 1. The molecule has 0 saturated carbocycles. The van der Waals surface area contributed by atoms with Crippen LogP contribution >= 0.6 is 11.8 Å². The molecule has 4 aromatic rings. The number of nitrogens with one attached hydrogen (secondary N) is 1. The SMILES string of the molecule is O=C(CSc1nnc(-c2cccc([N+](=O)[O-])c2)n1-c1ccccc1)N/N=C\c1cccc(O)c1. The minimum atomic E-state index is -0.468. The molecule has 0 aliphatic heterocycles. The first kappa shape index (κ1) is 22.7. The first-order valence-electron chi connectivity index (χ1n) is 10.0. The number of phenolic OH excluding ortho intramolecular Hbond substituents is 1. The van der Waals surface area contributed by atoms with Crippen LogP contribution in [0, 0.1) is 10.1 Å². The summed E-state index contributed by atoms with van der Waals surface area (Å²) in [6.45, 7) is 0. The van der Waals surface area contributed by atoms with Gasteiger partial charge in [-0.25, -0.2) is 5.43 Å². The van der Waals surface area contributed by atoms with Crippen molar-refractivity contribution in [3.63, 3.8) is 0 Å². The Hall–Kier alpha value is -4.51. The molecule has 10 nitrogen and oxygen atoms in total. The van der Waals surface area contributed by atoms with Crippen molar-refractivity contribution in [1.29, 1.82) is 0 Å². The average molecular weight is 475 g/mol. The number of benzene rings is 3. The Labute approximate surface area is 198 Å². The van der Waals surface area contributed by atoms with E-state index in [1.54, 1.807) is 28.8 Å². The second kappa shape index (κ2) is 10.4. The first-order chi connectivity index (χ1) is 16.5. The molecule has 170 valence electrons. The molecule has 0 aliphatic rings. The Morgan fingerprint density at radius 1 is 1.09 bits per heavy atom. The van der Waals surface area contributed by atoms with E-state index in [0.29, 0.717) is 22.1 Å². The second-order valence-electron chi connectivity index (χ2n) is 6.96. The number of nitro groups is 1. The Bertz CT molecular complexity index is 1360. The quantitative estimate of drug-likeness (QED) is 0.172. The molecular weight excluding hydrogens is 456 g/mol. The molecule has 1 heterocycles. The van der Waals surface area contributed by atoms with E-state index in [-0.39, 0.29) is 23.1 Å². The molecule has 2 N–H and O–H groups in total. The van der Waals surface area contributed by atoms with Gasteiger partial charge in [-0.05, 0) is 29.8 Å². The lowest BCUT2D eigenvalue weighted by atomic mass is 10.2. The Morgan fingerprint density at radius 2 is 1.88 bits per heavy atom. The maximum Gasteiger partial charge on any atom is 0.270 e. The minimum absolute atomic E-state index is 0.0112. The van der Waals surface area contributed by atoms with Crippen LogP contribution in [0.25, 0.3) is 17.1 Å². The van der Waals surface area contributed by atoms with Gasteiger partial charge in [-0.3, -0.25) is 19.5 Å². The summed E-state index contributed by atoms with van der Waals surface area (Å²) in [7, 11) is 0. The number of thioether (sulfide) groups is 1. The smallest absolute Gasteiger partial charge is 0.270 e. The highest BCUT2D eigenvalue weighted by Crippen LogP contribution is 2.29. The number of aromatic hydroxyl groups is 1. The number of aromatic nitrogens is 3. The molecule has 0 unspecified atom stereocenters. The summed E-state index contributed by atoms with van der Waals surface area (Å²) in [6, 6.07) is 21.9. The number of hydrogen-bond donors (Lipinski definition) is 2. The summed E-state index contributed by atoms with van der Waals surface area (Å²) in [5.74, 6) is 0.170. The van der Waals surface area contributed by atoms with Crippen LogP contribution in [0.1, 0.15) is 5.56 Å². The molecule has 0 saturated heterocycles. The monoisotopic (exact) mass is 474 g/mol. The van der Waals surface area contributed by atoms with Gasteiger partial charge < -0.3 is 5.11 Å². The third-order valence-electron chi connectivity index (χ3n) is 4.57. The zero-order chi connectivity index (χ0) is 23.9. The minimum Gasteiger partial charge on any atom is -0.508 e. The summed E-state index contributed by atoms with van der Waals surface area (Å²) < 4.78 is 1.74. The molecule has 0 aliphatic carbocycles. The number of amides is 1. The van der Waals surface area contributed by atoms with Gasteiger partial charge in [-0.1, -0.05) is 54.2 Å². The zero-order valence-corrected chi connectivity index (χ0v) is 18.4. The summed E-state index contributed by atoms with van der Waals surface area (Å²) >= 11 is 1.15. The van der Waals surface area contributed by atoms with E-state index in [9.17, 15) is 20.0 Å². The highest BCUT2D eigenvalue weighted by molar-refractivity contribution is 7.99. The van der Waals surface area contributed by atoms with E-state index in [1.807, 2.05) is 30.3 Å². The molecule has 0 atom stereocenters. The van der Waals surface area contributed by atoms with Crippen molar-refractivity contribution < 1.29 is 14.8 Å². The summed E-state index contributed by atoms with van der Waals surface area (Å²) in [6.07, 6.45) is 1.43. The molecule has 0 spiro atoms. The van der Waals surface area contributed by atoms with Crippen LogP contribution in [0.5, 0.6) is 5.75 Å². The lowest BCUT2D eigenvalue weighted by molar-refractivity contribution is -0.384. The lowest BCUT2D eigenvalue weighted by Gasteiger charge is -2.10.